The van der Waals surface area contributed by atoms with Gasteiger partial charge in [0.25, 0.3) is 0 Å². The van der Waals surface area contributed by atoms with E-state index in [1.54, 1.807) is 25.4 Å². The molecule has 208 valence electrons. The van der Waals surface area contributed by atoms with Gasteiger partial charge in [0.05, 0.1) is 20.8 Å². The summed E-state index contributed by atoms with van der Waals surface area (Å²) in [6, 6.07) is 24.8. The molecule has 2 heterocycles. The first-order valence-corrected chi connectivity index (χ1v) is 13.6. The fraction of sp³-hybridized carbons (Fsp3) is 0.281. The van der Waals surface area contributed by atoms with Crippen LogP contribution in [0.3, 0.4) is 0 Å². The highest BCUT2D eigenvalue weighted by Crippen LogP contribution is 2.36. The molecule has 8 nitrogen and oxygen atoms in total. The van der Waals surface area contributed by atoms with Crippen LogP contribution in [0.4, 0.5) is 17.1 Å². The highest BCUT2D eigenvalue weighted by atomic mass is 16.7. The average Bonchev–Trinajstić information content (AvgIpc) is 3.01. The summed E-state index contributed by atoms with van der Waals surface area (Å²) in [7, 11) is 3.34. The third-order valence-corrected chi connectivity index (χ3v) is 6.79. The number of hydrogen-bond acceptors (Lipinski definition) is 7. The second-order valence-electron chi connectivity index (χ2n) is 9.56. The van der Waals surface area contributed by atoms with Crippen LogP contribution in [-0.4, -0.2) is 56.6 Å². The van der Waals surface area contributed by atoms with Gasteiger partial charge in [-0.15, -0.1) is 11.7 Å². The number of piperidine rings is 1. The minimum atomic E-state index is 0.318. The number of anilines is 3. The van der Waals surface area contributed by atoms with Crippen molar-refractivity contribution in [3.05, 3.63) is 96.8 Å². The summed E-state index contributed by atoms with van der Waals surface area (Å²) in [6.45, 7) is 6.50. The molecular formula is C32H36N4O4. The molecule has 2 saturated heterocycles. The molecule has 0 unspecified atom stereocenters. The van der Waals surface area contributed by atoms with Crippen LogP contribution in [0.25, 0.3) is 6.08 Å². The van der Waals surface area contributed by atoms with E-state index in [1.807, 2.05) is 54.6 Å². The van der Waals surface area contributed by atoms with E-state index in [0.717, 1.165) is 60.1 Å². The first-order valence-electron chi connectivity index (χ1n) is 13.6. The zero-order valence-electron chi connectivity index (χ0n) is 23.2. The predicted octanol–water partition coefficient (Wildman–Crippen LogP) is 6.72. The quantitative estimate of drug-likeness (QED) is 0.279. The minimum absolute atomic E-state index is 0.318. The fourth-order valence-corrected chi connectivity index (χ4v) is 4.70. The van der Waals surface area contributed by atoms with Crippen molar-refractivity contribution in [3.8, 4) is 11.5 Å². The molecule has 5 rings (SSSR count). The second kappa shape index (κ2) is 13.1. The van der Waals surface area contributed by atoms with Crippen molar-refractivity contribution in [2.75, 3.05) is 45.4 Å². The van der Waals surface area contributed by atoms with Crippen molar-refractivity contribution in [3.63, 3.8) is 0 Å². The Balaban J connectivity index is 1.39. The van der Waals surface area contributed by atoms with Gasteiger partial charge in [0.2, 0.25) is 0 Å². The molecule has 0 N–H and O–H groups in total. The second-order valence-corrected chi connectivity index (χ2v) is 9.56. The molecule has 0 bridgehead atoms. The number of amidine groups is 1. The third kappa shape index (κ3) is 6.58. The highest BCUT2D eigenvalue weighted by molar-refractivity contribution is 5.78. The first-order chi connectivity index (χ1) is 19.7. The molecule has 3 aromatic rings. The van der Waals surface area contributed by atoms with Crippen molar-refractivity contribution >= 4 is 29.2 Å². The molecule has 0 spiro atoms. The van der Waals surface area contributed by atoms with Crippen LogP contribution >= 0.6 is 0 Å². The number of hydrogen-bond donors (Lipinski definition) is 0. The molecule has 3 aromatic carbocycles. The van der Waals surface area contributed by atoms with Gasteiger partial charge in [-0.25, -0.2) is 0 Å². The third-order valence-electron chi connectivity index (χ3n) is 6.79. The van der Waals surface area contributed by atoms with E-state index in [1.165, 1.54) is 6.42 Å². The molecule has 0 amide bonds. The topological polar surface area (TPSA) is 59.0 Å². The van der Waals surface area contributed by atoms with Crippen LogP contribution in [-0.2, 0) is 9.57 Å². The summed E-state index contributed by atoms with van der Waals surface area (Å²) >= 11 is 0. The van der Waals surface area contributed by atoms with Gasteiger partial charge in [0, 0.05) is 30.2 Å². The average molecular weight is 541 g/mol. The van der Waals surface area contributed by atoms with Gasteiger partial charge in [-0.2, -0.15) is 5.06 Å². The highest BCUT2D eigenvalue weighted by Gasteiger charge is 2.24. The molecule has 2 fully saturated rings. The summed E-state index contributed by atoms with van der Waals surface area (Å²) in [4.78, 5) is 8.14. The van der Waals surface area contributed by atoms with Crippen LogP contribution in [0, 0.1) is 0 Å². The number of hydrazone groups is 1. The summed E-state index contributed by atoms with van der Waals surface area (Å²) < 4.78 is 16.9. The molecule has 0 saturated carbocycles. The molecule has 0 aliphatic carbocycles. The number of nitrogens with zero attached hydrogens (tertiary/aromatic N) is 4. The summed E-state index contributed by atoms with van der Waals surface area (Å²) in [5.41, 5.74) is 4.05. The van der Waals surface area contributed by atoms with Crippen LogP contribution in [0.15, 0.2) is 96.3 Å². The summed E-state index contributed by atoms with van der Waals surface area (Å²) in [5.74, 6) is 2.32. The van der Waals surface area contributed by atoms with Crippen molar-refractivity contribution < 1.29 is 19.0 Å². The number of hydroxylamine groups is 2. The molecule has 0 atom stereocenters. The Morgan fingerprint density at radius 1 is 0.825 bits per heavy atom. The summed E-state index contributed by atoms with van der Waals surface area (Å²) in [6.07, 6.45) is 7.28. The van der Waals surface area contributed by atoms with Gasteiger partial charge in [-0.3, -0.25) is 9.85 Å². The van der Waals surface area contributed by atoms with E-state index in [9.17, 15) is 0 Å². The van der Waals surface area contributed by atoms with Crippen molar-refractivity contribution in [1.82, 2.24) is 10.1 Å². The van der Waals surface area contributed by atoms with E-state index in [-0.39, 0.29) is 0 Å². The predicted molar refractivity (Wildman–Crippen MR) is 159 cm³/mol. The zero-order chi connectivity index (χ0) is 27.7. The van der Waals surface area contributed by atoms with E-state index < -0.39 is 0 Å². The Morgan fingerprint density at radius 2 is 1.38 bits per heavy atom. The van der Waals surface area contributed by atoms with Gasteiger partial charge in [-0.05, 0) is 91.6 Å². The lowest BCUT2D eigenvalue weighted by molar-refractivity contribution is -0.128. The molecule has 0 aromatic heterocycles. The maximum Gasteiger partial charge on any atom is 0.339 e. The Labute approximate surface area is 236 Å². The SMILES string of the molecule is C=CCN1OC/C(=C\c2ccc(N(c3ccc(OC)cc3)c3ccc(OC)cc3)cc2)OC1=NN1CCCCC1. The minimum Gasteiger partial charge on any atom is -0.497 e. The molecule has 2 aliphatic heterocycles. The van der Waals surface area contributed by atoms with Gasteiger partial charge in [-0.1, -0.05) is 18.2 Å². The number of methoxy groups -OCH3 is 2. The Hall–Kier alpha value is -4.43. The van der Waals surface area contributed by atoms with Crippen LogP contribution in [0.1, 0.15) is 24.8 Å². The molecule has 40 heavy (non-hydrogen) atoms. The monoisotopic (exact) mass is 540 g/mol. The lowest BCUT2D eigenvalue weighted by Gasteiger charge is -2.32. The Bertz CT molecular complexity index is 1270. The maximum absolute atomic E-state index is 6.21. The Kier molecular flexibility index (Phi) is 8.88. The van der Waals surface area contributed by atoms with Crippen LogP contribution in [0.2, 0.25) is 0 Å². The van der Waals surface area contributed by atoms with Crippen molar-refractivity contribution in [1.29, 1.82) is 0 Å². The van der Waals surface area contributed by atoms with E-state index in [2.05, 4.69) is 40.8 Å². The number of ether oxygens (including phenoxy) is 3. The number of benzene rings is 3. The van der Waals surface area contributed by atoms with Crippen molar-refractivity contribution in [2.24, 2.45) is 5.10 Å². The van der Waals surface area contributed by atoms with Gasteiger partial charge < -0.3 is 19.1 Å². The zero-order valence-corrected chi connectivity index (χ0v) is 23.2. The van der Waals surface area contributed by atoms with Crippen LogP contribution in [0.5, 0.6) is 11.5 Å². The standard InChI is InChI=1S/C32H36N4O4/c1-4-20-35-32(33-34-21-6-5-7-22-34)40-31(24-39-35)23-25-8-10-26(11-9-25)36(27-12-16-29(37-2)17-13-27)28-14-18-30(38-3)19-15-28/h4,8-19,23H,1,5-7,20-22,24H2,2-3H3/b31-23+,33-32?. The lowest BCUT2D eigenvalue weighted by Crippen LogP contribution is -2.41. The van der Waals surface area contributed by atoms with E-state index in [0.29, 0.717) is 24.9 Å². The maximum atomic E-state index is 6.21. The van der Waals surface area contributed by atoms with Gasteiger partial charge in [0.1, 0.15) is 23.9 Å². The normalized spacial score (nSPS) is 17.4. The molecule has 8 heteroatoms. The van der Waals surface area contributed by atoms with Crippen molar-refractivity contribution in [2.45, 2.75) is 19.3 Å². The Morgan fingerprint density at radius 3 is 1.90 bits per heavy atom. The molecule has 0 radical (unpaired) electrons. The largest absolute Gasteiger partial charge is 0.497 e. The van der Waals surface area contributed by atoms with E-state index >= 15 is 0 Å². The first kappa shape index (κ1) is 27.1. The molecular weight excluding hydrogens is 504 g/mol. The molecule has 2 aliphatic rings. The van der Waals surface area contributed by atoms with E-state index in [4.69, 9.17) is 24.1 Å². The summed E-state index contributed by atoms with van der Waals surface area (Å²) in [5, 5.41) is 8.45. The van der Waals surface area contributed by atoms with Gasteiger partial charge >= 0.3 is 6.02 Å². The van der Waals surface area contributed by atoms with Crippen LogP contribution < -0.4 is 14.4 Å². The lowest BCUT2D eigenvalue weighted by atomic mass is 10.1. The fourth-order valence-electron chi connectivity index (χ4n) is 4.70. The van der Waals surface area contributed by atoms with Gasteiger partial charge in [0.15, 0.2) is 0 Å². The smallest absolute Gasteiger partial charge is 0.339 e. The number of rotatable bonds is 9.